The van der Waals surface area contributed by atoms with E-state index in [2.05, 4.69) is 15.3 Å². The summed E-state index contributed by atoms with van der Waals surface area (Å²) < 4.78 is 4.93. The number of hydrogen-bond acceptors (Lipinski definition) is 6. The van der Waals surface area contributed by atoms with Gasteiger partial charge in [-0.15, -0.1) is 11.3 Å². The van der Waals surface area contributed by atoms with Gasteiger partial charge in [0, 0.05) is 33.5 Å². The van der Waals surface area contributed by atoms with Gasteiger partial charge in [-0.25, -0.2) is 4.98 Å². The number of aromatic nitrogens is 2. The Bertz CT molecular complexity index is 718. The number of thiazole rings is 1. The van der Waals surface area contributed by atoms with Crippen molar-refractivity contribution in [3.05, 3.63) is 35.0 Å². The second-order valence-electron chi connectivity index (χ2n) is 5.51. The molecule has 0 aromatic carbocycles. The highest BCUT2D eigenvalue weighted by Gasteiger charge is 2.21. The normalized spacial score (nSPS) is 10.5. The Morgan fingerprint density at radius 3 is 2.84 bits per heavy atom. The molecule has 25 heavy (non-hydrogen) atoms. The van der Waals surface area contributed by atoms with Crippen LogP contribution in [0.2, 0.25) is 0 Å². The van der Waals surface area contributed by atoms with Crippen molar-refractivity contribution >= 4 is 23.2 Å². The van der Waals surface area contributed by atoms with E-state index in [1.54, 1.807) is 27.3 Å². The number of likely N-dealkylation sites (N-methyl/N-ethyl adjacent to an activating group) is 1. The van der Waals surface area contributed by atoms with Crippen molar-refractivity contribution in [3.63, 3.8) is 0 Å². The van der Waals surface area contributed by atoms with Gasteiger partial charge in [-0.2, -0.15) is 0 Å². The number of nitrogens with zero attached hydrogens (tertiary/aromatic N) is 3. The third-order valence-electron chi connectivity index (χ3n) is 3.45. The molecule has 0 spiro atoms. The first-order chi connectivity index (χ1) is 12.0. The van der Waals surface area contributed by atoms with Crippen LogP contribution in [-0.4, -0.2) is 60.5 Å². The number of ether oxygens (including phenoxy) is 1. The average molecular weight is 362 g/mol. The summed E-state index contributed by atoms with van der Waals surface area (Å²) in [7, 11) is 3.22. The van der Waals surface area contributed by atoms with Gasteiger partial charge in [0.1, 0.15) is 9.88 Å². The molecule has 0 aliphatic carbocycles. The van der Waals surface area contributed by atoms with Crippen molar-refractivity contribution in [2.75, 3.05) is 33.9 Å². The van der Waals surface area contributed by atoms with E-state index in [-0.39, 0.29) is 18.4 Å². The summed E-state index contributed by atoms with van der Waals surface area (Å²) in [5.41, 5.74) is 1.37. The molecule has 2 heterocycles. The predicted octanol–water partition coefficient (Wildman–Crippen LogP) is 1.74. The van der Waals surface area contributed by atoms with E-state index < -0.39 is 0 Å². The molecular weight excluding hydrogens is 340 g/mol. The molecule has 0 saturated carbocycles. The summed E-state index contributed by atoms with van der Waals surface area (Å²) in [5.74, 6) is -0.414. The highest BCUT2D eigenvalue weighted by molar-refractivity contribution is 7.17. The highest BCUT2D eigenvalue weighted by Crippen LogP contribution is 2.27. The van der Waals surface area contributed by atoms with Gasteiger partial charge in [-0.05, 0) is 25.5 Å². The Labute approximate surface area is 151 Å². The highest BCUT2D eigenvalue weighted by atomic mass is 32.1. The van der Waals surface area contributed by atoms with Crippen LogP contribution in [0.3, 0.4) is 0 Å². The van der Waals surface area contributed by atoms with Gasteiger partial charge in [0.15, 0.2) is 0 Å². The molecule has 0 fully saturated rings. The maximum atomic E-state index is 12.6. The number of carbonyl (C=O) groups excluding carboxylic acids is 2. The Morgan fingerprint density at radius 2 is 2.16 bits per heavy atom. The van der Waals surface area contributed by atoms with Gasteiger partial charge >= 0.3 is 0 Å². The summed E-state index contributed by atoms with van der Waals surface area (Å²) in [6, 6.07) is 5.55. The smallest absolute Gasteiger partial charge is 0.266 e. The van der Waals surface area contributed by atoms with E-state index >= 15 is 0 Å². The van der Waals surface area contributed by atoms with Crippen LogP contribution in [0.4, 0.5) is 0 Å². The minimum atomic E-state index is -0.218. The SMILES string of the molecule is COCCCNC(=O)CN(C)C(=O)c1sc(-c2ccccn2)nc1C. The number of hydrogen-bond donors (Lipinski definition) is 1. The first kappa shape index (κ1) is 19.0. The minimum Gasteiger partial charge on any atom is -0.385 e. The first-order valence-electron chi connectivity index (χ1n) is 7.93. The van der Waals surface area contributed by atoms with Gasteiger partial charge in [0.2, 0.25) is 5.91 Å². The molecule has 2 aromatic heterocycles. The number of amides is 2. The molecule has 0 aliphatic rings. The molecule has 0 atom stereocenters. The van der Waals surface area contributed by atoms with E-state index in [0.717, 1.165) is 12.1 Å². The summed E-state index contributed by atoms with van der Waals surface area (Å²) in [5, 5.41) is 3.46. The lowest BCUT2D eigenvalue weighted by atomic mass is 10.3. The van der Waals surface area contributed by atoms with Crippen molar-refractivity contribution < 1.29 is 14.3 Å². The number of pyridine rings is 1. The molecule has 2 amide bonds. The standard InChI is InChI=1S/C17H22N4O3S/c1-12-15(25-16(20-12)13-7-4-5-8-18-13)17(23)21(2)11-14(22)19-9-6-10-24-3/h4-5,7-8H,6,9-11H2,1-3H3,(H,19,22). The maximum Gasteiger partial charge on any atom is 0.266 e. The van der Waals surface area contributed by atoms with Crippen molar-refractivity contribution in [3.8, 4) is 10.7 Å². The monoisotopic (exact) mass is 362 g/mol. The fourth-order valence-corrected chi connectivity index (χ4v) is 3.19. The molecule has 2 aromatic rings. The molecule has 7 nitrogen and oxygen atoms in total. The van der Waals surface area contributed by atoms with E-state index in [9.17, 15) is 9.59 Å². The van der Waals surface area contributed by atoms with Gasteiger partial charge in [-0.3, -0.25) is 14.6 Å². The molecule has 134 valence electrons. The van der Waals surface area contributed by atoms with Crippen LogP contribution < -0.4 is 5.32 Å². The fourth-order valence-electron chi connectivity index (χ4n) is 2.15. The molecule has 8 heteroatoms. The van der Waals surface area contributed by atoms with Gasteiger partial charge < -0.3 is 15.0 Å². The maximum absolute atomic E-state index is 12.6. The molecule has 0 radical (unpaired) electrons. The lowest BCUT2D eigenvalue weighted by Crippen LogP contribution is -2.38. The topological polar surface area (TPSA) is 84.4 Å². The van der Waals surface area contributed by atoms with Gasteiger partial charge in [0.05, 0.1) is 17.9 Å². The minimum absolute atomic E-state index is 0.00206. The molecular formula is C17H22N4O3S. The average Bonchev–Trinajstić information content (AvgIpc) is 3.00. The van der Waals surface area contributed by atoms with Crippen LogP contribution in [0.25, 0.3) is 10.7 Å². The lowest BCUT2D eigenvalue weighted by molar-refractivity contribution is -0.121. The summed E-state index contributed by atoms with van der Waals surface area (Å²) in [6.07, 6.45) is 2.43. The predicted molar refractivity (Wildman–Crippen MR) is 96.5 cm³/mol. The Morgan fingerprint density at radius 1 is 1.36 bits per heavy atom. The second-order valence-corrected chi connectivity index (χ2v) is 6.51. The summed E-state index contributed by atoms with van der Waals surface area (Å²) >= 11 is 1.29. The zero-order valence-corrected chi connectivity index (χ0v) is 15.4. The second kappa shape index (κ2) is 9.24. The van der Waals surface area contributed by atoms with Crippen LogP contribution in [0.15, 0.2) is 24.4 Å². The fraction of sp³-hybridized carbons (Fsp3) is 0.412. The molecule has 0 aliphatic heterocycles. The number of methoxy groups -OCH3 is 1. The zero-order valence-electron chi connectivity index (χ0n) is 14.6. The van der Waals surface area contributed by atoms with E-state index in [1.807, 2.05) is 18.2 Å². The zero-order chi connectivity index (χ0) is 18.2. The quantitative estimate of drug-likeness (QED) is 0.723. The van der Waals surface area contributed by atoms with Crippen molar-refractivity contribution in [1.29, 1.82) is 0 Å². The van der Waals surface area contributed by atoms with Gasteiger partial charge in [0.25, 0.3) is 5.91 Å². The van der Waals surface area contributed by atoms with Crippen LogP contribution in [0.1, 0.15) is 21.8 Å². The number of nitrogens with one attached hydrogen (secondary N) is 1. The number of carbonyl (C=O) groups is 2. The van der Waals surface area contributed by atoms with Crippen molar-refractivity contribution in [1.82, 2.24) is 20.2 Å². The third-order valence-corrected chi connectivity index (χ3v) is 4.62. The summed E-state index contributed by atoms with van der Waals surface area (Å²) in [6.45, 7) is 2.90. The van der Waals surface area contributed by atoms with Crippen LogP contribution in [0.5, 0.6) is 0 Å². The van der Waals surface area contributed by atoms with Crippen molar-refractivity contribution in [2.45, 2.75) is 13.3 Å². The summed E-state index contributed by atoms with van der Waals surface area (Å²) in [4.78, 5) is 35.1. The largest absolute Gasteiger partial charge is 0.385 e. The van der Waals surface area contributed by atoms with E-state index in [0.29, 0.717) is 28.7 Å². The number of aryl methyl sites for hydroxylation is 1. The van der Waals surface area contributed by atoms with E-state index in [4.69, 9.17) is 4.74 Å². The lowest BCUT2D eigenvalue weighted by Gasteiger charge is -2.16. The van der Waals surface area contributed by atoms with Crippen LogP contribution in [0, 0.1) is 6.92 Å². The Hall–Kier alpha value is -2.32. The van der Waals surface area contributed by atoms with Crippen LogP contribution >= 0.6 is 11.3 Å². The third kappa shape index (κ3) is 5.33. The molecule has 2 rings (SSSR count). The molecule has 0 unspecified atom stereocenters. The van der Waals surface area contributed by atoms with Gasteiger partial charge in [-0.1, -0.05) is 6.07 Å². The molecule has 0 bridgehead atoms. The van der Waals surface area contributed by atoms with E-state index in [1.165, 1.54) is 16.2 Å². The number of rotatable bonds is 8. The molecule has 1 N–H and O–H groups in total. The Balaban J connectivity index is 1.98. The first-order valence-corrected chi connectivity index (χ1v) is 8.74. The Kier molecular flexibility index (Phi) is 7.03. The molecule has 0 saturated heterocycles. The van der Waals surface area contributed by atoms with Crippen molar-refractivity contribution in [2.24, 2.45) is 0 Å². The van der Waals surface area contributed by atoms with Crippen LogP contribution in [-0.2, 0) is 9.53 Å².